The van der Waals surface area contributed by atoms with E-state index in [1.807, 2.05) is 0 Å². The van der Waals surface area contributed by atoms with Gasteiger partial charge in [0, 0.05) is 11.6 Å². The van der Waals surface area contributed by atoms with Crippen molar-refractivity contribution in [3.8, 4) is 5.69 Å². The summed E-state index contributed by atoms with van der Waals surface area (Å²) in [6.45, 7) is 0. The van der Waals surface area contributed by atoms with Crippen molar-refractivity contribution >= 4 is 5.78 Å². The first-order valence-corrected chi connectivity index (χ1v) is 7.70. The first-order valence-electron chi connectivity index (χ1n) is 7.70. The summed E-state index contributed by atoms with van der Waals surface area (Å²) in [7, 11) is 0. The van der Waals surface area contributed by atoms with Crippen LogP contribution in [0.15, 0.2) is 23.0 Å². The Hall–Kier alpha value is -3.58. The number of aromatic nitrogens is 2. The topological polar surface area (TPSA) is 54.9 Å². The van der Waals surface area contributed by atoms with Crippen molar-refractivity contribution in [3.63, 3.8) is 0 Å². The number of ketones is 1. The molecule has 164 valence electrons. The Kier molecular flexibility index (Phi) is 5.19. The lowest BCUT2D eigenvalue weighted by molar-refractivity contribution is -0.141. The molecule has 14 heteroatoms. The molecule has 0 unspecified atom stereocenters. The molecule has 4 nitrogen and oxygen atoms in total. The Morgan fingerprint density at radius 2 is 1.23 bits per heavy atom. The fourth-order valence-corrected chi connectivity index (χ4v) is 2.60. The second kappa shape index (κ2) is 7.28. The molecule has 0 atom stereocenters. The Balaban J connectivity index is 2.36. The largest absolute Gasteiger partial charge is 0.433 e. The van der Waals surface area contributed by atoms with Gasteiger partial charge in [0.05, 0.1) is 0 Å². The molecule has 0 aliphatic heterocycles. The van der Waals surface area contributed by atoms with E-state index in [1.165, 1.54) is 0 Å². The van der Waals surface area contributed by atoms with Crippen molar-refractivity contribution in [3.05, 3.63) is 86.1 Å². The molecule has 0 amide bonds. The van der Waals surface area contributed by atoms with Crippen LogP contribution >= 0.6 is 0 Å². The smallest absolute Gasteiger partial charge is 0.288 e. The van der Waals surface area contributed by atoms with E-state index >= 15 is 0 Å². The second-order valence-corrected chi connectivity index (χ2v) is 5.90. The Bertz CT molecular complexity index is 1240. The molecule has 3 rings (SSSR count). The third-order valence-electron chi connectivity index (χ3n) is 3.96. The quantitative estimate of drug-likeness (QED) is 0.274. The van der Waals surface area contributed by atoms with Gasteiger partial charge < -0.3 is 0 Å². The molecule has 31 heavy (non-hydrogen) atoms. The number of nitrogens with one attached hydrogen (secondary N) is 1. The van der Waals surface area contributed by atoms with Crippen LogP contribution in [-0.2, 0) is 6.18 Å². The molecule has 0 aliphatic carbocycles. The summed E-state index contributed by atoms with van der Waals surface area (Å²) in [6.07, 6.45) is -5.59. The molecule has 0 fully saturated rings. The maximum atomic E-state index is 14.0. The van der Waals surface area contributed by atoms with E-state index in [1.54, 1.807) is 0 Å². The zero-order valence-corrected chi connectivity index (χ0v) is 14.3. The summed E-state index contributed by atoms with van der Waals surface area (Å²) in [5.74, 6) is -16.8. The van der Waals surface area contributed by atoms with Gasteiger partial charge in [0.25, 0.3) is 5.56 Å². The Morgan fingerprint density at radius 3 is 1.68 bits per heavy atom. The van der Waals surface area contributed by atoms with Crippen LogP contribution in [-0.4, -0.2) is 15.6 Å². The van der Waals surface area contributed by atoms with Crippen molar-refractivity contribution in [2.45, 2.75) is 6.18 Å². The van der Waals surface area contributed by atoms with Crippen LogP contribution in [0.5, 0.6) is 0 Å². The number of H-pyrrole nitrogens is 1. The molecule has 1 heterocycles. The van der Waals surface area contributed by atoms with Gasteiger partial charge in [-0.05, 0) is 12.1 Å². The fourth-order valence-electron chi connectivity index (χ4n) is 2.60. The number of nitrogens with zero attached hydrogens (tertiary/aromatic N) is 1. The van der Waals surface area contributed by atoms with Gasteiger partial charge in [-0.15, -0.1) is 0 Å². The number of aromatic amines is 1. The van der Waals surface area contributed by atoms with Crippen molar-refractivity contribution in [2.24, 2.45) is 0 Å². The maximum absolute atomic E-state index is 14.0. The molecule has 2 aromatic carbocycles. The summed E-state index contributed by atoms with van der Waals surface area (Å²) in [5.41, 5.74) is -9.57. The van der Waals surface area contributed by atoms with E-state index in [2.05, 4.69) is 0 Å². The van der Waals surface area contributed by atoms with E-state index in [-0.39, 0.29) is 18.2 Å². The SMILES string of the molecule is O=C(c1cc(F)c(F)c(F)c1)c1c(C(F)(F)F)[nH]n(-c2c(F)c(F)cc(F)c2F)c1=O. The lowest BCUT2D eigenvalue weighted by Crippen LogP contribution is -2.24. The predicted octanol–water partition coefficient (Wildman–Crippen LogP) is 4.39. The minimum atomic E-state index is -5.59. The number of halogens is 10. The summed E-state index contributed by atoms with van der Waals surface area (Å²) in [6, 6.07) is -0.343. The van der Waals surface area contributed by atoms with Gasteiger partial charge in [-0.3, -0.25) is 14.7 Å². The van der Waals surface area contributed by atoms with Crippen LogP contribution in [0.2, 0.25) is 0 Å². The molecule has 0 aliphatic rings. The summed E-state index contributed by atoms with van der Waals surface area (Å²) in [5, 5.41) is 1.12. The zero-order chi connectivity index (χ0) is 23.4. The predicted molar refractivity (Wildman–Crippen MR) is 81.0 cm³/mol. The van der Waals surface area contributed by atoms with Crippen molar-refractivity contribution in [1.82, 2.24) is 9.78 Å². The third-order valence-corrected chi connectivity index (χ3v) is 3.96. The molecular weight excluding hydrogens is 454 g/mol. The normalized spacial score (nSPS) is 11.8. The van der Waals surface area contributed by atoms with Crippen molar-refractivity contribution < 1.29 is 48.7 Å². The molecule has 0 saturated heterocycles. The number of rotatable bonds is 3. The summed E-state index contributed by atoms with van der Waals surface area (Å²) >= 11 is 0. The average Bonchev–Trinajstić information content (AvgIpc) is 3.01. The van der Waals surface area contributed by atoms with Gasteiger partial charge in [0.1, 0.15) is 11.3 Å². The zero-order valence-electron chi connectivity index (χ0n) is 14.3. The number of benzene rings is 2. The summed E-state index contributed by atoms with van der Waals surface area (Å²) < 4.78 is 134. The number of alkyl halides is 3. The maximum Gasteiger partial charge on any atom is 0.433 e. The molecule has 1 aromatic heterocycles. The highest BCUT2D eigenvalue weighted by molar-refractivity contribution is 6.09. The Labute approximate surface area is 163 Å². The van der Waals surface area contributed by atoms with Crippen molar-refractivity contribution in [1.29, 1.82) is 0 Å². The van der Waals surface area contributed by atoms with Crippen LogP contribution < -0.4 is 5.56 Å². The van der Waals surface area contributed by atoms with E-state index in [4.69, 9.17) is 0 Å². The molecule has 0 spiro atoms. The van der Waals surface area contributed by atoms with Gasteiger partial charge in [-0.2, -0.15) is 13.2 Å². The molecule has 0 radical (unpaired) electrons. The van der Waals surface area contributed by atoms with Crippen LogP contribution in [0, 0.1) is 40.7 Å². The van der Waals surface area contributed by atoms with Gasteiger partial charge in [0.2, 0.25) is 5.78 Å². The number of hydrogen-bond donors (Lipinski definition) is 1. The highest BCUT2D eigenvalue weighted by Crippen LogP contribution is 2.32. The van der Waals surface area contributed by atoms with Crippen LogP contribution in [0.1, 0.15) is 21.6 Å². The van der Waals surface area contributed by atoms with E-state index in [0.29, 0.717) is 0 Å². The molecule has 3 aromatic rings. The fraction of sp³-hybridized carbons (Fsp3) is 0.0588. The first-order chi connectivity index (χ1) is 14.3. The van der Waals surface area contributed by atoms with Crippen LogP contribution in [0.4, 0.5) is 43.9 Å². The number of hydrogen-bond acceptors (Lipinski definition) is 2. The minimum absolute atomic E-state index is 0.0271. The number of carbonyl (C=O) groups excluding carboxylic acids is 1. The lowest BCUT2D eigenvalue weighted by atomic mass is 10.0. The first kappa shape index (κ1) is 22.1. The minimum Gasteiger partial charge on any atom is -0.288 e. The van der Waals surface area contributed by atoms with Gasteiger partial charge in [-0.1, -0.05) is 0 Å². The van der Waals surface area contributed by atoms with E-state index < -0.39 is 85.4 Å². The average molecular weight is 458 g/mol. The van der Waals surface area contributed by atoms with Crippen LogP contribution in [0.3, 0.4) is 0 Å². The lowest BCUT2D eigenvalue weighted by Gasteiger charge is -2.08. The molecule has 0 saturated carbocycles. The van der Waals surface area contributed by atoms with Gasteiger partial charge in [0.15, 0.2) is 46.4 Å². The highest BCUT2D eigenvalue weighted by Gasteiger charge is 2.41. The standard InChI is InChI=1S/C17H4F10N2O2/c18-5-1-4(2-6(19)10(5)22)14(30)9-15(17(25,26)27)28-29(16(9)31)13-11(23)7(20)3-8(21)12(13)24/h1-3,28H. The second-order valence-electron chi connectivity index (χ2n) is 5.90. The highest BCUT2D eigenvalue weighted by atomic mass is 19.4. The Morgan fingerprint density at radius 1 is 0.774 bits per heavy atom. The number of carbonyl (C=O) groups is 1. The van der Waals surface area contributed by atoms with Crippen LogP contribution in [0.25, 0.3) is 5.69 Å². The molecule has 1 N–H and O–H groups in total. The molecule has 0 bridgehead atoms. The summed E-state index contributed by atoms with van der Waals surface area (Å²) in [4.78, 5) is 24.8. The monoisotopic (exact) mass is 458 g/mol. The third kappa shape index (κ3) is 3.57. The van der Waals surface area contributed by atoms with E-state index in [9.17, 15) is 53.5 Å². The van der Waals surface area contributed by atoms with Gasteiger partial charge in [-0.25, -0.2) is 35.4 Å². The van der Waals surface area contributed by atoms with Gasteiger partial charge >= 0.3 is 6.18 Å². The molecular formula is C17H4F10N2O2. The van der Waals surface area contributed by atoms with Crippen molar-refractivity contribution in [2.75, 3.05) is 0 Å². The van der Waals surface area contributed by atoms with E-state index in [0.717, 1.165) is 5.10 Å².